The van der Waals surface area contributed by atoms with Crippen molar-refractivity contribution in [2.24, 2.45) is 0 Å². The van der Waals surface area contributed by atoms with Gasteiger partial charge in [0.25, 0.3) is 0 Å². The van der Waals surface area contributed by atoms with E-state index >= 15 is 0 Å². The average Bonchev–Trinajstić information content (AvgIpc) is 2.65. The number of carbonyl (C=O) groups excluding carboxylic acids is 2. The lowest BCUT2D eigenvalue weighted by Crippen LogP contribution is -2.09. The first-order valence-corrected chi connectivity index (χ1v) is 8.59. The number of carbonyl (C=O) groups is 2. The maximum absolute atomic E-state index is 12.6. The lowest BCUT2D eigenvalue weighted by molar-refractivity contribution is -0.137. The number of ether oxygens (including phenoxy) is 2. The van der Waals surface area contributed by atoms with Gasteiger partial charge in [0.05, 0.1) is 20.0 Å². The summed E-state index contributed by atoms with van der Waals surface area (Å²) in [5.41, 5.74) is 1.66. The highest BCUT2D eigenvalue weighted by molar-refractivity contribution is 8.00. The molecule has 0 bridgehead atoms. The van der Waals surface area contributed by atoms with Crippen LogP contribution in [0.3, 0.4) is 0 Å². The van der Waals surface area contributed by atoms with E-state index in [-0.39, 0.29) is 22.8 Å². The van der Waals surface area contributed by atoms with Gasteiger partial charge in [0, 0.05) is 17.2 Å². The molecule has 24 heavy (non-hydrogen) atoms. The third-order valence-electron chi connectivity index (χ3n) is 3.58. The average molecular weight is 344 g/mol. The van der Waals surface area contributed by atoms with E-state index in [1.165, 1.54) is 18.9 Å². The van der Waals surface area contributed by atoms with E-state index < -0.39 is 0 Å². The minimum Gasteiger partial charge on any atom is -0.497 e. The number of ketones is 1. The Morgan fingerprint density at radius 3 is 2.25 bits per heavy atom. The molecule has 0 aliphatic carbocycles. The van der Waals surface area contributed by atoms with Gasteiger partial charge in [-0.05, 0) is 29.8 Å². The molecular weight excluding hydrogens is 324 g/mol. The van der Waals surface area contributed by atoms with Crippen molar-refractivity contribution in [2.45, 2.75) is 11.7 Å². The highest BCUT2D eigenvalue weighted by atomic mass is 32.2. The predicted molar refractivity (Wildman–Crippen MR) is 95.6 cm³/mol. The SMILES string of the molecule is COC(=O)CS[C@@H](CC(=O)c1ccc(OC)cc1)c1ccccc1. The topological polar surface area (TPSA) is 52.6 Å². The number of Topliss-reactive ketones (excluding diaryl/α,β-unsaturated/α-hetero) is 1. The number of rotatable bonds is 8. The summed E-state index contributed by atoms with van der Waals surface area (Å²) < 4.78 is 9.80. The fraction of sp³-hybridized carbons (Fsp3) is 0.263. The Hall–Kier alpha value is -2.27. The number of hydrogen-bond acceptors (Lipinski definition) is 5. The van der Waals surface area contributed by atoms with Crippen molar-refractivity contribution in [3.8, 4) is 5.75 Å². The van der Waals surface area contributed by atoms with Gasteiger partial charge in [-0.3, -0.25) is 9.59 Å². The number of methoxy groups -OCH3 is 2. The summed E-state index contributed by atoms with van der Waals surface area (Å²) in [6.07, 6.45) is 0.317. The number of esters is 1. The van der Waals surface area contributed by atoms with Crippen molar-refractivity contribution in [1.82, 2.24) is 0 Å². The van der Waals surface area contributed by atoms with Crippen LogP contribution < -0.4 is 4.74 Å². The van der Waals surface area contributed by atoms with Crippen LogP contribution in [0.4, 0.5) is 0 Å². The second-order valence-electron chi connectivity index (χ2n) is 5.14. The molecule has 2 rings (SSSR count). The lowest BCUT2D eigenvalue weighted by atomic mass is 10.0. The number of benzene rings is 2. The molecule has 0 amide bonds. The third-order valence-corrected chi connectivity index (χ3v) is 4.83. The highest BCUT2D eigenvalue weighted by Gasteiger charge is 2.19. The fourth-order valence-electron chi connectivity index (χ4n) is 2.23. The largest absolute Gasteiger partial charge is 0.497 e. The molecule has 2 aromatic carbocycles. The molecule has 0 radical (unpaired) electrons. The third kappa shape index (κ3) is 5.13. The van der Waals surface area contributed by atoms with Crippen LogP contribution in [-0.2, 0) is 9.53 Å². The van der Waals surface area contributed by atoms with Gasteiger partial charge in [-0.1, -0.05) is 30.3 Å². The Balaban J connectivity index is 2.11. The minimum absolute atomic E-state index is 0.0314. The van der Waals surface area contributed by atoms with Crippen molar-refractivity contribution < 1.29 is 19.1 Å². The van der Waals surface area contributed by atoms with E-state index in [2.05, 4.69) is 0 Å². The fourth-order valence-corrected chi connectivity index (χ4v) is 3.31. The first kappa shape index (κ1) is 18.1. The van der Waals surface area contributed by atoms with Gasteiger partial charge in [0.2, 0.25) is 0 Å². The van der Waals surface area contributed by atoms with Gasteiger partial charge in [0.1, 0.15) is 5.75 Å². The zero-order valence-corrected chi connectivity index (χ0v) is 14.5. The van der Waals surface area contributed by atoms with Gasteiger partial charge in [-0.15, -0.1) is 11.8 Å². The van der Waals surface area contributed by atoms with Crippen LogP contribution >= 0.6 is 11.8 Å². The molecule has 0 aromatic heterocycles. The maximum Gasteiger partial charge on any atom is 0.315 e. The quantitative estimate of drug-likeness (QED) is 0.537. The second kappa shape index (κ2) is 9.13. The summed E-state index contributed by atoms with van der Waals surface area (Å²) in [6.45, 7) is 0. The molecule has 0 aliphatic heterocycles. The zero-order chi connectivity index (χ0) is 17.4. The molecule has 0 N–H and O–H groups in total. The van der Waals surface area contributed by atoms with E-state index in [1.54, 1.807) is 31.4 Å². The molecule has 5 heteroatoms. The molecule has 0 fully saturated rings. The Bertz CT molecular complexity index is 668. The van der Waals surface area contributed by atoms with Crippen LogP contribution in [0.5, 0.6) is 5.75 Å². The molecule has 126 valence electrons. The van der Waals surface area contributed by atoms with Crippen LogP contribution in [-0.4, -0.2) is 31.7 Å². The van der Waals surface area contributed by atoms with Gasteiger partial charge >= 0.3 is 5.97 Å². The second-order valence-corrected chi connectivity index (χ2v) is 6.33. The van der Waals surface area contributed by atoms with Crippen LogP contribution in [0.25, 0.3) is 0 Å². The molecule has 4 nitrogen and oxygen atoms in total. The van der Waals surface area contributed by atoms with E-state index in [4.69, 9.17) is 9.47 Å². The summed E-state index contributed by atoms with van der Waals surface area (Å²) in [6, 6.07) is 16.8. The summed E-state index contributed by atoms with van der Waals surface area (Å²) in [5.74, 6) is 0.666. The van der Waals surface area contributed by atoms with E-state index in [9.17, 15) is 9.59 Å². The molecule has 0 heterocycles. The number of hydrogen-bond donors (Lipinski definition) is 0. The Kier molecular flexibility index (Phi) is 6.88. The summed E-state index contributed by atoms with van der Waals surface area (Å²) >= 11 is 1.42. The standard InChI is InChI=1S/C19H20O4S/c1-22-16-10-8-14(9-11-16)17(20)12-18(24-13-19(21)23-2)15-6-4-3-5-7-15/h3-11,18H,12-13H2,1-2H3/t18-/m0/s1. The molecule has 1 atom stereocenters. The van der Waals surface area contributed by atoms with Crippen LogP contribution in [0.15, 0.2) is 54.6 Å². The van der Waals surface area contributed by atoms with Crippen molar-refractivity contribution in [3.63, 3.8) is 0 Å². The molecule has 0 saturated carbocycles. The Morgan fingerprint density at radius 2 is 1.67 bits per heavy atom. The van der Waals surface area contributed by atoms with Crippen LogP contribution in [0, 0.1) is 0 Å². The molecular formula is C19H20O4S. The normalized spacial score (nSPS) is 11.6. The molecule has 0 saturated heterocycles. The lowest BCUT2D eigenvalue weighted by Gasteiger charge is -2.16. The van der Waals surface area contributed by atoms with Crippen molar-refractivity contribution in [3.05, 3.63) is 65.7 Å². The van der Waals surface area contributed by atoms with E-state index in [0.29, 0.717) is 17.7 Å². The minimum atomic E-state index is -0.294. The zero-order valence-electron chi connectivity index (χ0n) is 13.7. The van der Waals surface area contributed by atoms with E-state index in [0.717, 1.165) is 5.56 Å². The Morgan fingerprint density at radius 1 is 1.00 bits per heavy atom. The molecule has 2 aromatic rings. The summed E-state index contributed by atoms with van der Waals surface area (Å²) in [5, 5.41) is -0.0973. The van der Waals surface area contributed by atoms with Gasteiger partial charge in [-0.2, -0.15) is 0 Å². The maximum atomic E-state index is 12.6. The van der Waals surface area contributed by atoms with E-state index in [1.807, 2.05) is 30.3 Å². The molecule has 0 unspecified atom stereocenters. The van der Waals surface area contributed by atoms with Crippen LogP contribution in [0.2, 0.25) is 0 Å². The monoisotopic (exact) mass is 344 g/mol. The smallest absolute Gasteiger partial charge is 0.315 e. The predicted octanol–water partition coefficient (Wildman–Crippen LogP) is 3.92. The summed E-state index contributed by atoms with van der Waals surface area (Å²) in [4.78, 5) is 24.0. The first-order valence-electron chi connectivity index (χ1n) is 7.54. The van der Waals surface area contributed by atoms with Crippen LogP contribution in [0.1, 0.15) is 27.6 Å². The van der Waals surface area contributed by atoms with Crippen molar-refractivity contribution in [2.75, 3.05) is 20.0 Å². The molecule has 0 aliphatic rings. The van der Waals surface area contributed by atoms with Crippen molar-refractivity contribution in [1.29, 1.82) is 0 Å². The highest BCUT2D eigenvalue weighted by Crippen LogP contribution is 2.33. The van der Waals surface area contributed by atoms with Gasteiger partial charge in [0.15, 0.2) is 5.78 Å². The molecule has 0 spiro atoms. The van der Waals surface area contributed by atoms with Gasteiger partial charge < -0.3 is 9.47 Å². The van der Waals surface area contributed by atoms with Gasteiger partial charge in [-0.25, -0.2) is 0 Å². The first-order chi connectivity index (χ1) is 11.6. The van der Waals surface area contributed by atoms with Crippen molar-refractivity contribution >= 4 is 23.5 Å². The number of thioether (sulfide) groups is 1. The summed E-state index contributed by atoms with van der Waals surface area (Å²) in [7, 11) is 2.95. The Labute approximate surface area is 146 Å².